The third kappa shape index (κ3) is 3.08. The first-order valence-electron chi connectivity index (χ1n) is 6.72. The van der Waals surface area contributed by atoms with Crippen LogP contribution in [0.2, 0.25) is 0 Å². The van der Waals surface area contributed by atoms with E-state index in [0.717, 1.165) is 17.0 Å². The summed E-state index contributed by atoms with van der Waals surface area (Å²) in [4.78, 5) is 0. The van der Waals surface area contributed by atoms with Crippen molar-refractivity contribution < 1.29 is 9.15 Å². The molecule has 0 unspecified atom stereocenters. The van der Waals surface area contributed by atoms with Gasteiger partial charge in [-0.1, -0.05) is 5.10 Å². The van der Waals surface area contributed by atoms with E-state index in [1.807, 2.05) is 25.1 Å². The molecule has 1 aliphatic rings. The van der Waals surface area contributed by atoms with Crippen LogP contribution in [0, 0.1) is 6.92 Å². The van der Waals surface area contributed by atoms with Crippen LogP contribution < -0.4 is 15.4 Å². The fraction of sp³-hybridized carbons (Fsp3) is 0.429. The molecule has 0 radical (unpaired) electrons. The highest BCUT2D eigenvalue weighted by molar-refractivity contribution is 5.58. The minimum Gasteiger partial charge on any atom is -0.497 e. The number of hydrogen-bond donors (Lipinski definition) is 2. The molecule has 1 aromatic heterocycles. The lowest BCUT2D eigenvalue weighted by Crippen LogP contribution is -2.15. The summed E-state index contributed by atoms with van der Waals surface area (Å²) in [6.45, 7) is 2.62. The van der Waals surface area contributed by atoms with Crippen molar-refractivity contribution in [1.82, 2.24) is 15.5 Å². The van der Waals surface area contributed by atoms with Gasteiger partial charge in [0.2, 0.25) is 5.89 Å². The fourth-order valence-corrected chi connectivity index (χ4v) is 1.91. The fourth-order valence-electron chi connectivity index (χ4n) is 1.91. The molecule has 1 fully saturated rings. The molecule has 106 valence electrons. The van der Waals surface area contributed by atoms with E-state index in [2.05, 4.69) is 20.8 Å². The van der Waals surface area contributed by atoms with Gasteiger partial charge in [-0.15, -0.1) is 5.10 Å². The van der Waals surface area contributed by atoms with Crippen molar-refractivity contribution in [2.24, 2.45) is 0 Å². The number of methoxy groups -OCH3 is 1. The molecule has 0 bridgehead atoms. The number of hydrogen-bond acceptors (Lipinski definition) is 6. The Hall–Kier alpha value is -2.08. The second-order valence-electron chi connectivity index (χ2n) is 4.96. The third-order valence-corrected chi connectivity index (χ3v) is 3.26. The molecule has 3 rings (SSSR count). The Morgan fingerprint density at radius 3 is 2.90 bits per heavy atom. The molecule has 0 amide bonds. The number of aromatic nitrogens is 2. The average Bonchev–Trinajstić information content (AvgIpc) is 3.18. The SMILES string of the molecule is COc1ccc(Nc2nnc(CNC3CC3)o2)c(C)c1. The minimum atomic E-state index is 0.408. The molecule has 20 heavy (non-hydrogen) atoms. The summed E-state index contributed by atoms with van der Waals surface area (Å²) < 4.78 is 10.7. The van der Waals surface area contributed by atoms with Gasteiger partial charge in [0.05, 0.1) is 13.7 Å². The highest BCUT2D eigenvalue weighted by Crippen LogP contribution is 2.24. The molecule has 1 aliphatic carbocycles. The van der Waals surface area contributed by atoms with Crippen LogP contribution in [0.15, 0.2) is 22.6 Å². The van der Waals surface area contributed by atoms with Crippen molar-refractivity contribution >= 4 is 11.7 Å². The number of aryl methyl sites for hydroxylation is 1. The first-order valence-corrected chi connectivity index (χ1v) is 6.72. The van der Waals surface area contributed by atoms with Crippen molar-refractivity contribution in [3.8, 4) is 5.75 Å². The largest absolute Gasteiger partial charge is 0.497 e. The monoisotopic (exact) mass is 274 g/mol. The summed E-state index contributed by atoms with van der Waals surface area (Å²) in [6, 6.07) is 6.81. The van der Waals surface area contributed by atoms with E-state index < -0.39 is 0 Å². The zero-order valence-corrected chi connectivity index (χ0v) is 11.6. The topological polar surface area (TPSA) is 72.2 Å². The minimum absolute atomic E-state index is 0.408. The van der Waals surface area contributed by atoms with E-state index in [0.29, 0.717) is 24.5 Å². The number of rotatable bonds is 6. The van der Waals surface area contributed by atoms with Crippen LogP contribution in [0.3, 0.4) is 0 Å². The second-order valence-corrected chi connectivity index (χ2v) is 4.96. The smallest absolute Gasteiger partial charge is 0.320 e. The Bertz CT molecular complexity index is 593. The maximum absolute atomic E-state index is 5.55. The molecule has 0 saturated heterocycles. The zero-order valence-electron chi connectivity index (χ0n) is 11.6. The molecule has 1 aromatic carbocycles. The molecular formula is C14H18N4O2. The quantitative estimate of drug-likeness (QED) is 0.842. The van der Waals surface area contributed by atoms with Crippen molar-refractivity contribution in [2.75, 3.05) is 12.4 Å². The molecule has 2 N–H and O–H groups in total. The number of nitrogens with one attached hydrogen (secondary N) is 2. The molecule has 6 heteroatoms. The molecule has 0 atom stereocenters. The van der Waals surface area contributed by atoms with E-state index in [1.54, 1.807) is 7.11 Å². The van der Waals surface area contributed by atoms with Crippen LogP contribution in [0.1, 0.15) is 24.3 Å². The van der Waals surface area contributed by atoms with Crippen molar-refractivity contribution in [3.63, 3.8) is 0 Å². The summed E-state index contributed by atoms with van der Waals surface area (Å²) in [6.07, 6.45) is 2.48. The van der Waals surface area contributed by atoms with Crippen LogP contribution in [0.4, 0.5) is 11.7 Å². The molecule has 6 nitrogen and oxygen atoms in total. The van der Waals surface area contributed by atoms with E-state index in [-0.39, 0.29) is 0 Å². The Kier molecular flexibility index (Phi) is 3.56. The maximum atomic E-state index is 5.55. The van der Waals surface area contributed by atoms with Gasteiger partial charge in [0, 0.05) is 11.7 Å². The van der Waals surface area contributed by atoms with Gasteiger partial charge in [0.1, 0.15) is 5.75 Å². The summed E-state index contributed by atoms with van der Waals surface area (Å²) >= 11 is 0. The number of benzene rings is 1. The predicted molar refractivity (Wildman–Crippen MR) is 75.2 cm³/mol. The van der Waals surface area contributed by atoms with E-state index >= 15 is 0 Å². The summed E-state index contributed by atoms with van der Waals surface area (Å²) in [5.74, 6) is 1.43. The van der Waals surface area contributed by atoms with Gasteiger partial charge in [-0.2, -0.15) is 0 Å². The molecule has 2 aromatic rings. The van der Waals surface area contributed by atoms with Gasteiger partial charge < -0.3 is 19.8 Å². The lowest BCUT2D eigenvalue weighted by molar-refractivity contribution is 0.414. The Labute approximate surface area is 117 Å². The average molecular weight is 274 g/mol. The standard InChI is InChI=1S/C14H18N4O2/c1-9-7-11(19-2)5-6-12(9)16-14-18-17-13(20-14)8-15-10-3-4-10/h5-7,10,15H,3-4,8H2,1-2H3,(H,16,18). The Balaban J connectivity index is 1.64. The van der Waals surface area contributed by atoms with Gasteiger partial charge in [0.25, 0.3) is 0 Å². The molecule has 0 aliphatic heterocycles. The summed E-state index contributed by atoms with van der Waals surface area (Å²) in [7, 11) is 1.65. The Morgan fingerprint density at radius 1 is 1.35 bits per heavy atom. The van der Waals surface area contributed by atoms with E-state index in [1.165, 1.54) is 12.8 Å². The second kappa shape index (κ2) is 5.50. The molecule has 1 heterocycles. The highest BCUT2D eigenvalue weighted by atomic mass is 16.5. The van der Waals surface area contributed by atoms with Crippen LogP contribution in [-0.2, 0) is 6.54 Å². The van der Waals surface area contributed by atoms with Gasteiger partial charge >= 0.3 is 6.01 Å². The summed E-state index contributed by atoms with van der Waals surface area (Å²) in [5.41, 5.74) is 1.98. The van der Waals surface area contributed by atoms with Crippen molar-refractivity contribution in [3.05, 3.63) is 29.7 Å². The van der Waals surface area contributed by atoms with Crippen molar-refractivity contribution in [1.29, 1.82) is 0 Å². The molecular weight excluding hydrogens is 256 g/mol. The van der Waals surface area contributed by atoms with Crippen molar-refractivity contribution in [2.45, 2.75) is 32.4 Å². The lowest BCUT2D eigenvalue weighted by Gasteiger charge is -2.07. The number of ether oxygens (including phenoxy) is 1. The van der Waals surface area contributed by atoms with Crippen LogP contribution in [0.5, 0.6) is 5.75 Å². The maximum Gasteiger partial charge on any atom is 0.320 e. The van der Waals surface area contributed by atoms with Crippen LogP contribution in [0.25, 0.3) is 0 Å². The highest BCUT2D eigenvalue weighted by Gasteiger charge is 2.21. The predicted octanol–water partition coefficient (Wildman–Crippen LogP) is 2.38. The molecule has 0 spiro atoms. The van der Waals surface area contributed by atoms with Crippen LogP contribution >= 0.6 is 0 Å². The van der Waals surface area contributed by atoms with Gasteiger partial charge in [-0.05, 0) is 43.5 Å². The van der Waals surface area contributed by atoms with E-state index in [9.17, 15) is 0 Å². The van der Waals surface area contributed by atoms with Gasteiger partial charge in [0.15, 0.2) is 0 Å². The normalized spacial score (nSPS) is 14.3. The summed E-state index contributed by atoms with van der Waals surface area (Å²) in [5, 5.41) is 14.5. The number of anilines is 2. The number of nitrogens with zero attached hydrogens (tertiary/aromatic N) is 2. The Morgan fingerprint density at radius 2 is 2.20 bits per heavy atom. The van der Waals surface area contributed by atoms with Gasteiger partial charge in [-0.25, -0.2) is 0 Å². The first-order chi connectivity index (χ1) is 9.74. The van der Waals surface area contributed by atoms with E-state index in [4.69, 9.17) is 9.15 Å². The van der Waals surface area contributed by atoms with Gasteiger partial charge in [-0.3, -0.25) is 0 Å². The lowest BCUT2D eigenvalue weighted by atomic mass is 10.2. The van der Waals surface area contributed by atoms with Crippen LogP contribution in [-0.4, -0.2) is 23.3 Å². The third-order valence-electron chi connectivity index (χ3n) is 3.26. The zero-order chi connectivity index (χ0) is 13.9. The first kappa shape index (κ1) is 12.9. The molecule has 1 saturated carbocycles.